The minimum absolute atomic E-state index is 0.327. The number of carboxylic acid groups (broad SMARTS) is 1. The van der Waals surface area contributed by atoms with Gasteiger partial charge in [-0.15, -0.1) is 0 Å². The van der Waals surface area contributed by atoms with Gasteiger partial charge in [-0.3, -0.25) is 4.79 Å². The summed E-state index contributed by atoms with van der Waals surface area (Å²) in [6, 6.07) is 0. The highest BCUT2D eigenvalue weighted by Crippen LogP contribution is 2.39. The Balaban J connectivity index is 2.41. The summed E-state index contributed by atoms with van der Waals surface area (Å²) in [7, 11) is 0. The average molecular weight is 188 g/mol. The van der Waals surface area contributed by atoms with Crippen LogP contribution in [0.3, 0.4) is 0 Å². The lowest BCUT2D eigenvalue weighted by Crippen LogP contribution is -2.26. The first kappa shape index (κ1) is 9.90. The molecule has 0 radical (unpaired) electrons. The molecular weight excluding hydrogens is 172 g/mol. The van der Waals surface area contributed by atoms with Gasteiger partial charge in [0.25, 0.3) is 0 Å². The topological polar surface area (TPSA) is 37.3 Å². The Bertz CT molecular complexity index is 177. The molecule has 0 saturated carbocycles. The molecule has 3 heteroatoms. The zero-order valence-electron chi connectivity index (χ0n) is 7.67. The van der Waals surface area contributed by atoms with Crippen LogP contribution in [0.15, 0.2) is 0 Å². The van der Waals surface area contributed by atoms with Gasteiger partial charge < -0.3 is 5.11 Å². The molecule has 0 aromatic heterocycles. The van der Waals surface area contributed by atoms with E-state index in [2.05, 4.69) is 13.8 Å². The fourth-order valence-corrected chi connectivity index (χ4v) is 3.44. The molecule has 0 aliphatic carbocycles. The van der Waals surface area contributed by atoms with E-state index in [0.29, 0.717) is 17.1 Å². The van der Waals surface area contributed by atoms with Crippen LogP contribution in [-0.4, -0.2) is 22.1 Å². The normalized spacial score (nSPS) is 28.3. The lowest BCUT2D eigenvalue weighted by molar-refractivity contribution is -0.137. The van der Waals surface area contributed by atoms with Crippen LogP contribution in [0.25, 0.3) is 0 Å². The van der Waals surface area contributed by atoms with Gasteiger partial charge >= 0.3 is 5.97 Å². The SMILES string of the molecule is CC1(C)CCSC(CC(=O)O)C1. The average Bonchev–Trinajstić information content (AvgIpc) is 1.82. The number of carbonyl (C=O) groups is 1. The fraction of sp³-hybridized carbons (Fsp3) is 0.889. The number of hydrogen-bond donors (Lipinski definition) is 1. The summed E-state index contributed by atoms with van der Waals surface area (Å²) in [5, 5.41) is 8.96. The quantitative estimate of drug-likeness (QED) is 0.723. The molecule has 0 bridgehead atoms. The molecule has 12 heavy (non-hydrogen) atoms. The monoisotopic (exact) mass is 188 g/mol. The highest BCUT2D eigenvalue weighted by atomic mass is 32.2. The Hall–Kier alpha value is -0.180. The minimum atomic E-state index is -0.662. The molecule has 1 rings (SSSR count). The van der Waals surface area contributed by atoms with Gasteiger partial charge in [-0.1, -0.05) is 13.8 Å². The van der Waals surface area contributed by atoms with Gasteiger partial charge in [0.1, 0.15) is 0 Å². The molecule has 0 aromatic rings. The van der Waals surface area contributed by atoms with Crippen molar-refractivity contribution in [3.05, 3.63) is 0 Å². The van der Waals surface area contributed by atoms with Gasteiger partial charge in [0.2, 0.25) is 0 Å². The van der Waals surface area contributed by atoms with Crippen LogP contribution in [0, 0.1) is 5.41 Å². The first-order chi connectivity index (χ1) is 5.49. The highest BCUT2D eigenvalue weighted by molar-refractivity contribution is 7.99. The minimum Gasteiger partial charge on any atom is -0.481 e. The van der Waals surface area contributed by atoms with Crippen molar-refractivity contribution in [2.24, 2.45) is 5.41 Å². The second kappa shape index (κ2) is 3.69. The third-order valence-corrected chi connectivity index (χ3v) is 3.56. The molecule has 1 fully saturated rings. The number of hydrogen-bond acceptors (Lipinski definition) is 2. The van der Waals surface area contributed by atoms with E-state index in [4.69, 9.17) is 5.11 Å². The van der Waals surface area contributed by atoms with Crippen molar-refractivity contribution < 1.29 is 9.90 Å². The number of rotatable bonds is 2. The van der Waals surface area contributed by atoms with E-state index in [-0.39, 0.29) is 0 Å². The zero-order chi connectivity index (χ0) is 9.19. The highest BCUT2D eigenvalue weighted by Gasteiger charge is 2.29. The molecular formula is C9H16O2S. The third kappa shape index (κ3) is 3.05. The second-order valence-corrected chi connectivity index (χ2v) is 5.62. The first-order valence-electron chi connectivity index (χ1n) is 4.33. The molecule has 2 nitrogen and oxygen atoms in total. The molecule has 1 saturated heterocycles. The van der Waals surface area contributed by atoms with Crippen LogP contribution >= 0.6 is 11.8 Å². The molecule has 1 heterocycles. The number of thioether (sulfide) groups is 1. The molecule has 0 spiro atoms. The molecule has 0 aromatic carbocycles. The largest absolute Gasteiger partial charge is 0.481 e. The number of carboxylic acids is 1. The van der Waals surface area contributed by atoms with Crippen molar-refractivity contribution in [2.75, 3.05) is 5.75 Å². The first-order valence-corrected chi connectivity index (χ1v) is 5.38. The van der Waals surface area contributed by atoms with Gasteiger partial charge in [0.15, 0.2) is 0 Å². The lowest BCUT2D eigenvalue weighted by Gasteiger charge is -2.34. The van der Waals surface area contributed by atoms with Crippen LogP contribution < -0.4 is 0 Å². The van der Waals surface area contributed by atoms with Crippen molar-refractivity contribution in [1.82, 2.24) is 0 Å². The molecule has 1 aliphatic rings. The van der Waals surface area contributed by atoms with Crippen molar-refractivity contribution in [3.63, 3.8) is 0 Å². The molecule has 1 atom stereocenters. The molecule has 0 amide bonds. The van der Waals surface area contributed by atoms with Crippen molar-refractivity contribution in [2.45, 2.75) is 38.4 Å². The molecule has 1 aliphatic heterocycles. The van der Waals surface area contributed by atoms with Gasteiger partial charge in [-0.2, -0.15) is 11.8 Å². The summed E-state index contributed by atoms with van der Waals surface area (Å²) in [5.74, 6) is 0.454. The Labute approximate surface area is 77.7 Å². The molecule has 70 valence electrons. The van der Waals surface area contributed by atoms with Crippen LogP contribution in [0.1, 0.15) is 33.1 Å². The lowest BCUT2D eigenvalue weighted by atomic mass is 9.84. The Morgan fingerprint density at radius 2 is 2.33 bits per heavy atom. The van der Waals surface area contributed by atoms with E-state index < -0.39 is 5.97 Å². The summed E-state index contributed by atoms with van der Waals surface area (Å²) in [5.41, 5.74) is 0.353. The summed E-state index contributed by atoms with van der Waals surface area (Å²) >= 11 is 1.81. The third-order valence-electron chi connectivity index (χ3n) is 2.31. The Morgan fingerprint density at radius 3 is 2.83 bits per heavy atom. The summed E-state index contributed by atoms with van der Waals surface area (Å²) < 4.78 is 0. The van der Waals surface area contributed by atoms with Gasteiger partial charge in [-0.05, 0) is 24.0 Å². The molecule has 1 N–H and O–H groups in total. The van der Waals surface area contributed by atoms with E-state index in [1.54, 1.807) is 0 Å². The maximum Gasteiger partial charge on any atom is 0.304 e. The predicted octanol–water partition coefficient (Wildman–Crippen LogP) is 2.38. The van der Waals surface area contributed by atoms with Crippen LogP contribution in [-0.2, 0) is 4.79 Å². The van der Waals surface area contributed by atoms with Crippen LogP contribution in [0.4, 0.5) is 0 Å². The van der Waals surface area contributed by atoms with Crippen molar-refractivity contribution in [1.29, 1.82) is 0 Å². The van der Waals surface area contributed by atoms with Gasteiger partial charge in [0, 0.05) is 5.25 Å². The summed E-state index contributed by atoms with van der Waals surface area (Å²) in [6.07, 6.45) is 2.59. The standard InChI is InChI=1S/C9H16O2S/c1-9(2)3-4-12-7(6-9)5-8(10)11/h7H,3-6H2,1-2H3,(H,10,11). The van der Waals surface area contributed by atoms with Gasteiger partial charge in [-0.25, -0.2) is 0 Å². The molecule has 1 unspecified atom stereocenters. The maximum atomic E-state index is 10.5. The van der Waals surface area contributed by atoms with E-state index in [0.717, 1.165) is 12.2 Å². The van der Waals surface area contributed by atoms with Crippen molar-refractivity contribution >= 4 is 17.7 Å². The Morgan fingerprint density at radius 1 is 1.67 bits per heavy atom. The maximum absolute atomic E-state index is 10.5. The smallest absolute Gasteiger partial charge is 0.304 e. The summed E-state index contributed by atoms with van der Waals surface area (Å²) in [6.45, 7) is 4.45. The van der Waals surface area contributed by atoms with Crippen LogP contribution in [0.5, 0.6) is 0 Å². The second-order valence-electron chi connectivity index (χ2n) is 4.21. The van der Waals surface area contributed by atoms with E-state index in [1.807, 2.05) is 11.8 Å². The van der Waals surface area contributed by atoms with Crippen molar-refractivity contribution in [3.8, 4) is 0 Å². The van der Waals surface area contributed by atoms with Gasteiger partial charge in [0.05, 0.1) is 6.42 Å². The Kier molecular flexibility index (Phi) is 3.04. The fourth-order valence-electron chi connectivity index (χ4n) is 1.61. The number of aliphatic carboxylic acids is 1. The van der Waals surface area contributed by atoms with E-state index in [1.165, 1.54) is 6.42 Å². The zero-order valence-corrected chi connectivity index (χ0v) is 8.49. The van der Waals surface area contributed by atoms with E-state index >= 15 is 0 Å². The van der Waals surface area contributed by atoms with Crippen LogP contribution in [0.2, 0.25) is 0 Å². The summed E-state index contributed by atoms with van der Waals surface area (Å²) in [4.78, 5) is 10.5. The predicted molar refractivity (Wildman–Crippen MR) is 51.5 cm³/mol. The van der Waals surface area contributed by atoms with E-state index in [9.17, 15) is 4.79 Å².